The first-order chi connectivity index (χ1) is 7.61. The van der Waals surface area contributed by atoms with E-state index in [-0.39, 0.29) is 0 Å². The quantitative estimate of drug-likeness (QED) is 0.806. The third-order valence-electron chi connectivity index (χ3n) is 2.40. The minimum atomic E-state index is 0.379. The molecule has 0 radical (unpaired) electrons. The number of thiocarbonyl (C=S) groups is 1. The highest BCUT2D eigenvalue weighted by molar-refractivity contribution is 7.80. The Morgan fingerprint density at radius 1 is 1.38 bits per heavy atom. The van der Waals surface area contributed by atoms with Gasteiger partial charge in [-0.2, -0.15) is 0 Å². The Kier molecular flexibility index (Phi) is 2.75. The zero-order chi connectivity index (χ0) is 11.7. The lowest BCUT2D eigenvalue weighted by atomic mass is 10.1. The largest absolute Gasteiger partial charge is 0.496 e. The maximum atomic E-state index is 5.59. The van der Waals surface area contributed by atoms with Crippen LogP contribution in [-0.4, -0.2) is 17.1 Å². The molecule has 3 nitrogen and oxygen atoms in total. The minimum Gasteiger partial charge on any atom is -0.496 e. The van der Waals surface area contributed by atoms with Gasteiger partial charge < -0.3 is 10.5 Å². The molecule has 0 amide bonds. The molecule has 0 spiro atoms. The number of hydrogen-bond acceptors (Lipinski definition) is 3. The highest BCUT2D eigenvalue weighted by atomic mass is 32.1. The summed E-state index contributed by atoms with van der Waals surface area (Å²) in [5.41, 5.74) is 8.16. The monoisotopic (exact) mass is 232 g/mol. The lowest BCUT2D eigenvalue weighted by molar-refractivity contribution is 0.419. The molecule has 2 rings (SSSR count). The smallest absolute Gasteiger partial charge is 0.130 e. The van der Waals surface area contributed by atoms with Crippen LogP contribution < -0.4 is 10.5 Å². The molecule has 1 heterocycles. The van der Waals surface area contributed by atoms with E-state index < -0.39 is 0 Å². The van der Waals surface area contributed by atoms with Crippen molar-refractivity contribution in [2.24, 2.45) is 5.73 Å². The molecule has 1 aromatic carbocycles. The van der Waals surface area contributed by atoms with Crippen LogP contribution in [0.4, 0.5) is 0 Å². The molecule has 1 aromatic heterocycles. The third kappa shape index (κ3) is 1.84. The van der Waals surface area contributed by atoms with Crippen molar-refractivity contribution in [3.05, 3.63) is 35.5 Å². The van der Waals surface area contributed by atoms with Crippen molar-refractivity contribution in [1.29, 1.82) is 0 Å². The van der Waals surface area contributed by atoms with Crippen LogP contribution in [-0.2, 0) is 0 Å². The van der Waals surface area contributed by atoms with E-state index >= 15 is 0 Å². The fourth-order valence-electron chi connectivity index (χ4n) is 1.64. The average Bonchev–Trinajstić information content (AvgIpc) is 2.26. The lowest BCUT2D eigenvalue weighted by Crippen LogP contribution is -2.09. The summed E-state index contributed by atoms with van der Waals surface area (Å²) in [4.78, 5) is 4.81. The number of nitrogens with zero attached hydrogens (tertiary/aromatic N) is 1. The van der Waals surface area contributed by atoms with Gasteiger partial charge in [-0.25, -0.2) is 0 Å². The number of pyridine rings is 1. The molecule has 0 fully saturated rings. The van der Waals surface area contributed by atoms with E-state index in [0.29, 0.717) is 4.99 Å². The van der Waals surface area contributed by atoms with Gasteiger partial charge in [-0.3, -0.25) is 4.98 Å². The van der Waals surface area contributed by atoms with E-state index in [1.54, 1.807) is 7.11 Å². The number of ether oxygens (including phenoxy) is 1. The van der Waals surface area contributed by atoms with Gasteiger partial charge in [-0.05, 0) is 19.1 Å². The van der Waals surface area contributed by atoms with Gasteiger partial charge in [-0.1, -0.05) is 18.3 Å². The van der Waals surface area contributed by atoms with Crippen molar-refractivity contribution in [3.63, 3.8) is 0 Å². The second kappa shape index (κ2) is 4.06. The Bertz CT molecular complexity index is 566. The maximum Gasteiger partial charge on any atom is 0.130 e. The van der Waals surface area contributed by atoms with Crippen molar-refractivity contribution in [2.75, 3.05) is 7.11 Å². The van der Waals surface area contributed by atoms with E-state index in [2.05, 4.69) is 4.98 Å². The Labute approximate surface area is 99.2 Å². The number of nitrogens with two attached hydrogens (primary N) is 1. The molecule has 0 atom stereocenters. The highest BCUT2D eigenvalue weighted by Gasteiger charge is 2.06. The molecule has 0 saturated heterocycles. The Morgan fingerprint density at radius 3 is 2.75 bits per heavy atom. The van der Waals surface area contributed by atoms with Gasteiger partial charge in [0, 0.05) is 22.7 Å². The van der Waals surface area contributed by atoms with Crippen LogP contribution in [0.25, 0.3) is 10.9 Å². The van der Waals surface area contributed by atoms with Crippen LogP contribution in [0, 0.1) is 6.92 Å². The van der Waals surface area contributed by atoms with E-state index in [4.69, 9.17) is 22.7 Å². The van der Waals surface area contributed by atoms with E-state index in [1.165, 1.54) is 0 Å². The molecule has 16 heavy (non-hydrogen) atoms. The number of rotatable bonds is 2. The molecule has 2 aromatic rings. The summed E-state index contributed by atoms with van der Waals surface area (Å²) < 4.78 is 5.30. The molecule has 0 bridgehead atoms. The van der Waals surface area contributed by atoms with Gasteiger partial charge in [0.2, 0.25) is 0 Å². The van der Waals surface area contributed by atoms with Crippen molar-refractivity contribution in [2.45, 2.75) is 6.92 Å². The predicted molar refractivity (Wildman–Crippen MR) is 68.9 cm³/mol. The normalized spacial score (nSPS) is 10.4. The molecule has 0 aliphatic rings. The van der Waals surface area contributed by atoms with Crippen LogP contribution in [0.1, 0.15) is 11.3 Å². The molecule has 0 aliphatic carbocycles. The van der Waals surface area contributed by atoms with Crippen LogP contribution >= 0.6 is 12.2 Å². The fourth-order valence-corrected chi connectivity index (χ4v) is 1.77. The first-order valence-corrected chi connectivity index (χ1v) is 5.28. The molecule has 0 aliphatic heterocycles. The van der Waals surface area contributed by atoms with E-state index in [1.807, 2.05) is 31.2 Å². The molecule has 82 valence electrons. The summed E-state index contributed by atoms with van der Waals surface area (Å²) in [6.45, 7) is 1.93. The summed E-state index contributed by atoms with van der Waals surface area (Å²) >= 11 is 4.94. The number of aromatic nitrogens is 1. The molecule has 0 saturated carbocycles. The van der Waals surface area contributed by atoms with Gasteiger partial charge in [0.25, 0.3) is 0 Å². The summed E-state index contributed by atoms with van der Waals surface area (Å²) in [5, 5.41) is 0.966. The molecular weight excluding hydrogens is 220 g/mol. The van der Waals surface area contributed by atoms with Gasteiger partial charge in [-0.15, -0.1) is 0 Å². The molecule has 0 unspecified atom stereocenters. The zero-order valence-corrected chi connectivity index (χ0v) is 9.97. The minimum absolute atomic E-state index is 0.379. The zero-order valence-electron chi connectivity index (χ0n) is 9.15. The highest BCUT2D eigenvalue weighted by Crippen LogP contribution is 2.25. The molecule has 4 heteroatoms. The standard InChI is InChI=1S/C12H12N2OS/c1-7-5-11(15-2)9-4-3-8(12(13)16)6-10(9)14-7/h3-6H,1-2H3,(H2,13,16). The predicted octanol–water partition coefficient (Wildman–Crippen LogP) is 2.19. The topological polar surface area (TPSA) is 48.1 Å². The van der Waals surface area contributed by atoms with Gasteiger partial charge >= 0.3 is 0 Å². The SMILES string of the molecule is COc1cc(C)nc2cc(C(N)=S)ccc12. The van der Waals surface area contributed by atoms with Gasteiger partial charge in [0.15, 0.2) is 0 Å². The summed E-state index contributed by atoms with van der Waals surface area (Å²) in [5.74, 6) is 0.817. The van der Waals surface area contributed by atoms with Gasteiger partial charge in [0.05, 0.1) is 12.6 Å². The number of hydrogen-bond donors (Lipinski definition) is 1. The van der Waals surface area contributed by atoms with Crippen LogP contribution in [0.15, 0.2) is 24.3 Å². The average molecular weight is 232 g/mol. The van der Waals surface area contributed by atoms with Crippen molar-refractivity contribution < 1.29 is 4.74 Å². The van der Waals surface area contributed by atoms with Crippen LogP contribution in [0.3, 0.4) is 0 Å². The first-order valence-electron chi connectivity index (χ1n) is 4.87. The number of benzene rings is 1. The van der Waals surface area contributed by atoms with Crippen LogP contribution in [0.5, 0.6) is 5.75 Å². The Hall–Kier alpha value is -1.68. The third-order valence-corrected chi connectivity index (χ3v) is 2.64. The Morgan fingerprint density at radius 2 is 2.12 bits per heavy atom. The molecular formula is C12H12N2OS. The fraction of sp³-hybridized carbons (Fsp3) is 0.167. The number of aryl methyl sites for hydroxylation is 1. The summed E-state index contributed by atoms with van der Waals surface area (Å²) in [6.07, 6.45) is 0. The van der Waals surface area contributed by atoms with Crippen LogP contribution in [0.2, 0.25) is 0 Å². The molecule has 2 N–H and O–H groups in total. The second-order valence-corrected chi connectivity index (χ2v) is 4.00. The second-order valence-electron chi connectivity index (χ2n) is 3.56. The van der Waals surface area contributed by atoms with Crippen molar-refractivity contribution in [3.8, 4) is 5.75 Å². The lowest BCUT2D eigenvalue weighted by Gasteiger charge is -2.07. The summed E-state index contributed by atoms with van der Waals surface area (Å²) in [7, 11) is 1.65. The maximum absolute atomic E-state index is 5.59. The summed E-state index contributed by atoms with van der Waals surface area (Å²) in [6, 6.07) is 7.59. The van der Waals surface area contributed by atoms with Crippen molar-refractivity contribution in [1.82, 2.24) is 4.98 Å². The van der Waals surface area contributed by atoms with Gasteiger partial charge in [0.1, 0.15) is 10.7 Å². The first kappa shape index (κ1) is 10.8. The van der Waals surface area contributed by atoms with Crippen molar-refractivity contribution >= 4 is 28.1 Å². The van der Waals surface area contributed by atoms with E-state index in [9.17, 15) is 0 Å². The number of methoxy groups -OCH3 is 1. The number of fused-ring (bicyclic) bond motifs is 1. The Balaban J connectivity index is 2.74. The van der Waals surface area contributed by atoms with E-state index in [0.717, 1.165) is 27.9 Å².